The van der Waals surface area contributed by atoms with Crippen LogP contribution in [0.1, 0.15) is 44.7 Å². The predicted molar refractivity (Wildman–Crippen MR) is 119 cm³/mol. The molecule has 4 rings (SSSR count). The Labute approximate surface area is 174 Å². The molecule has 3 aromatic rings. The first-order valence-electron chi connectivity index (χ1n) is 10.2. The third-order valence-corrected chi connectivity index (χ3v) is 6.56. The van der Waals surface area contributed by atoms with Gasteiger partial charge in [-0.1, -0.05) is 49.9 Å². The van der Waals surface area contributed by atoms with E-state index in [0.717, 1.165) is 24.9 Å². The normalized spacial score (nSPS) is 14.7. The van der Waals surface area contributed by atoms with Crippen molar-refractivity contribution in [1.29, 1.82) is 0 Å². The molecule has 1 unspecified atom stereocenters. The molecule has 1 aliphatic rings. The largest absolute Gasteiger partial charge is 0.325 e. The summed E-state index contributed by atoms with van der Waals surface area (Å²) in [5.74, 6) is -0.0634. The molecule has 5 nitrogen and oxygen atoms in total. The van der Waals surface area contributed by atoms with Gasteiger partial charge < -0.3 is 5.32 Å². The van der Waals surface area contributed by atoms with Crippen LogP contribution in [0.25, 0.3) is 10.9 Å². The number of aromatic nitrogens is 2. The number of nitrogens with zero attached hydrogens (tertiary/aromatic N) is 2. The molecule has 1 aliphatic carbocycles. The summed E-state index contributed by atoms with van der Waals surface area (Å²) in [6.45, 7) is 4.09. The van der Waals surface area contributed by atoms with Crippen molar-refractivity contribution in [2.75, 3.05) is 5.32 Å². The molecule has 1 N–H and O–H groups in total. The molecular weight excluding hydrogens is 382 g/mol. The number of hydrogen-bond acceptors (Lipinski definition) is 4. The third-order valence-electron chi connectivity index (χ3n) is 5.23. The molecule has 0 bridgehead atoms. The molecule has 2 aromatic carbocycles. The lowest BCUT2D eigenvalue weighted by Gasteiger charge is -2.18. The van der Waals surface area contributed by atoms with Crippen LogP contribution in [0.2, 0.25) is 0 Å². The minimum absolute atomic E-state index is 0.00832. The lowest BCUT2D eigenvalue weighted by atomic mass is 10.1. The van der Waals surface area contributed by atoms with Gasteiger partial charge in [0.2, 0.25) is 5.91 Å². The number of nitrogens with one attached hydrogen (secondary N) is 1. The average molecular weight is 408 g/mol. The SMILES string of the molecule is CCc1ccc(NC(=O)C(CC)Sc2nc3ccccc3c(=O)n2C2CC2)cc1. The van der Waals surface area contributed by atoms with Gasteiger partial charge in [-0.15, -0.1) is 0 Å². The fraction of sp³-hybridized carbons (Fsp3) is 0.348. The summed E-state index contributed by atoms with van der Waals surface area (Å²) in [6.07, 6.45) is 3.59. The van der Waals surface area contributed by atoms with Crippen molar-refractivity contribution in [3.8, 4) is 0 Å². The standard InChI is InChI=1S/C23H25N3O2S/c1-3-15-9-11-16(12-10-15)24-21(27)20(4-2)29-23-25-19-8-6-5-7-18(19)22(28)26(23)17-13-14-17/h5-12,17,20H,3-4,13-14H2,1-2H3,(H,24,27). The van der Waals surface area contributed by atoms with Crippen molar-refractivity contribution in [1.82, 2.24) is 9.55 Å². The quantitative estimate of drug-likeness (QED) is 0.451. The number of anilines is 1. The minimum Gasteiger partial charge on any atom is -0.325 e. The number of rotatable bonds is 7. The van der Waals surface area contributed by atoms with E-state index in [-0.39, 0.29) is 22.8 Å². The summed E-state index contributed by atoms with van der Waals surface area (Å²) in [5.41, 5.74) is 2.70. The molecule has 1 heterocycles. The predicted octanol–water partition coefficient (Wildman–Crippen LogP) is 4.80. The van der Waals surface area contributed by atoms with Gasteiger partial charge in [-0.05, 0) is 55.5 Å². The Morgan fingerprint density at radius 3 is 2.55 bits per heavy atom. The molecule has 29 heavy (non-hydrogen) atoms. The number of para-hydroxylation sites is 1. The van der Waals surface area contributed by atoms with Crippen LogP contribution >= 0.6 is 11.8 Å². The average Bonchev–Trinajstić information content (AvgIpc) is 3.57. The molecule has 0 radical (unpaired) electrons. The zero-order chi connectivity index (χ0) is 20.4. The van der Waals surface area contributed by atoms with Crippen LogP contribution in [0.3, 0.4) is 0 Å². The van der Waals surface area contributed by atoms with Crippen LogP contribution in [-0.2, 0) is 11.2 Å². The maximum Gasteiger partial charge on any atom is 0.262 e. The van der Waals surface area contributed by atoms with Crippen molar-refractivity contribution in [3.05, 3.63) is 64.4 Å². The zero-order valence-electron chi connectivity index (χ0n) is 16.7. The van der Waals surface area contributed by atoms with E-state index < -0.39 is 0 Å². The molecule has 1 aromatic heterocycles. The number of benzene rings is 2. The molecule has 1 saturated carbocycles. The molecule has 1 fully saturated rings. The van der Waals surface area contributed by atoms with Crippen LogP contribution in [0, 0.1) is 0 Å². The zero-order valence-corrected chi connectivity index (χ0v) is 17.5. The summed E-state index contributed by atoms with van der Waals surface area (Å²) in [6, 6.07) is 15.5. The highest BCUT2D eigenvalue weighted by atomic mass is 32.2. The minimum atomic E-state index is -0.320. The fourth-order valence-corrected chi connectivity index (χ4v) is 4.44. The van der Waals surface area contributed by atoms with E-state index in [4.69, 9.17) is 4.98 Å². The van der Waals surface area contributed by atoms with E-state index in [1.807, 2.05) is 55.5 Å². The fourth-order valence-electron chi connectivity index (χ4n) is 3.36. The maximum absolute atomic E-state index is 13.0. The molecule has 0 aliphatic heterocycles. The van der Waals surface area contributed by atoms with Gasteiger partial charge in [0.1, 0.15) is 0 Å². The van der Waals surface area contributed by atoms with Crippen molar-refractivity contribution in [2.24, 2.45) is 0 Å². The van der Waals surface area contributed by atoms with Gasteiger partial charge in [0.15, 0.2) is 5.16 Å². The van der Waals surface area contributed by atoms with Gasteiger partial charge in [0, 0.05) is 11.7 Å². The van der Waals surface area contributed by atoms with E-state index in [1.165, 1.54) is 17.3 Å². The second-order valence-electron chi connectivity index (χ2n) is 7.37. The van der Waals surface area contributed by atoms with Crippen LogP contribution in [0.4, 0.5) is 5.69 Å². The highest BCUT2D eigenvalue weighted by Gasteiger charge is 2.30. The third kappa shape index (κ3) is 4.22. The van der Waals surface area contributed by atoms with Crippen LogP contribution in [0.15, 0.2) is 58.5 Å². The number of carbonyl (C=O) groups excluding carboxylic acids is 1. The molecule has 1 amide bonds. The Hall–Kier alpha value is -2.60. The van der Waals surface area contributed by atoms with E-state index >= 15 is 0 Å². The molecule has 0 spiro atoms. The van der Waals surface area contributed by atoms with Gasteiger partial charge in [-0.3, -0.25) is 14.2 Å². The van der Waals surface area contributed by atoms with Crippen LogP contribution in [-0.4, -0.2) is 20.7 Å². The number of amides is 1. The Morgan fingerprint density at radius 1 is 1.17 bits per heavy atom. The van der Waals surface area contributed by atoms with E-state index in [1.54, 1.807) is 4.57 Å². The smallest absolute Gasteiger partial charge is 0.262 e. The van der Waals surface area contributed by atoms with E-state index in [2.05, 4.69) is 12.2 Å². The molecule has 6 heteroatoms. The summed E-state index contributed by atoms with van der Waals surface area (Å²) >= 11 is 1.39. The van der Waals surface area contributed by atoms with E-state index in [9.17, 15) is 9.59 Å². The Balaban J connectivity index is 1.60. The van der Waals surface area contributed by atoms with Crippen molar-refractivity contribution < 1.29 is 4.79 Å². The Morgan fingerprint density at radius 2 is 1.90 bits per heavy atom. The second-order valence-corrected chi connectivity index (χ2v) is 8.54. The van der Waals surface area contributed by atoms with Gasteiger partial charge in [0.05, 0.1) is 16.2 Å². The van der Waals surface area contributed by atoms with Gasteiger partial charge in [0.25, 0.3) is 5.56 Å². The molecular formula is C23H25N3O2S. The molecule has 0 saturated heterocycles. The number of hydrogen-bond donors (Lipinski definition) is 1. The monoisotopic (exact) mass is 407 g/mol. The Bertz CT molecular complexity index is 1090. The van der Waals surface area contributed by atoms with Gasteiger partial charge in [-0.2, -0.15) is 0 Å². The van der Waals surface area contributed by atoms with Crippen LogP contribution < -0.4 is 10.9 Å². The summed E-state index contributed by atoms with van der Waals surface area (Å²) in [4.78, 5) is 30.7. The Kier molecular flexibility index (Phi) is 5.72. The number of thioether (sulfide) groups is 1. The number of fused-ring (bicyclic) bond motifs is 1. The van der Waals surface area contributed by atoms with Crippen molar-refractivity contribution in [2.45, 2.75) is 56.0 Å². The van der Waals surface area contributed by atoms with E-state index in [0.29, 0.717) is 22.5 Å². The molecule has 150 valence electrons. The first kappa shape index (κ1) is 19.7. The summed E-state index contributed by atoms with van der Waals surface area (Å²) in [5, 5.41) is 3.96. The van der Waals surface area contributed by atoms with Crippen molar-refractivity contribution in [3.63, 3.8) is 0 Å². The van der Waals surface area contributed by atoms with Crippen LogP contribution in [0.5, 0.6) is 0 Å². The topological polar surface area (TPSA) is 64.0 Å². The number of aryl methyl sites for hydroxylation is 1. The van der Waals surface area contributed by atoms with Gasteiger partial charge >= 0.3 is 0 Å². The van der Waals surface area contributed by atoms with Crippen molar-refractivity contribution >= 4 is 34.3 Å². The molecule has 1 atom stereocenters. The summed E-state index contributed by atoms with van der Waals surface area (Å²) < 4.78 is 1.79. The lowest BCUT2D eigenvalue weighted by molar-refractivity contribution is -0.115. The van der Waals surface area contributed by atoms with Gasteiger partial charge in [-0.25, -0.2) is 4.98 Å². The highest BCUT2D eigenvalue weighted by molar-refractivity contribution is 8.00. The maximum atomic E-state index is 13.0. The number of carbonyl (C=O) groups is 1. The first-order chi connectivity index (χ1) is 14.1. The summed E-state index contributed by atoms with van der Waals surface area (Å²) in [7, 11) is 0. The first-order valence-corrected chi connectivity index (χ1v) is 11.1. The highest BCUT2D eigenvalue weighted by Crippen LogP contribution is 2.38. The second kappa shape index (κ2) is 8.41. The lowest BCUT2D eigenvalue weighted by Crippen LogP contribution is -2.28.